The van der Waals surface area contributed by atoms with Gasteiger partial charge in [0.2, 0.25) is 0 Å². The number of benzene rings is 2. The van der Waals surface area contributed by atoms with Crippen molar-refractivity contribution < 1.29 is 9.90 Å². The van der Waals surface area contributed by atoms with E-state index in [1.54, 1.807) is 12.1 Å². The van der Waals surface area contributed by atoms with Gasteiger partial charge in [-0.1, -0.05) is 41.9 Å². The minimum Gasteiger partial charge on any atom is -0.478 e. The minimum absolute atomic E-state index is 0.628. The van der Waals surface area contributed by atoms with Crippen molar-refractivity contribution in [2.75, 3.05) is 0 Å². The Bertz CT molecular complexity index is 568. The number of rotatable bonds is 2. The topological polar surface area (TPSA) is 37.3 Å². The Labute approximate surface area is 97.8 Å². The van der Waals surface area contributed by atoms with E-state index in [1.165, 1.54) is 0 Å². The largest absolute Gasteiger partial charge is 0.478 e. The Morgan fingerprint density at radius 1 is 1.19 bits per heavy atom. The molecule has 16 heavy (non-hydrogen) atoms. The summed E-state index contributed by atoms with van der Waals surface area (Å²) in [7, 11) is 0. The lowest BCUT2D eigenvalue weighted by Crippen LogP contribution is -1.86. The van der Waals surface area contributed by atoms with Gasteiger partial charge in [0.1, 0.15) is 0 Å². The molecule has 0 saturated carbocycles. The second kappa shape index (κ2) is 4.37. The van der Waals surface area contributed by atoms with E-state index in [0.29, 0.717) is 5.02 Å². The monoisotopic (exact) mass is 232 g/mol. The minimum atomic E-state index is -0.968. The summed E-state index contributed by atoms with van der Waals surface area (Å²) in [4.78, 5) is 10.5. The number of hydrogen-bond donors (Lipinski definition) is 1. The van der Waals surface area contributed by atoms with Gasteiger partial charge in [-0.2, -0.15) is 0 Å². The van der Waals surface area contributed by atoms with Crippen LogP contribution in [0.3, 0.4) is 0 Å². The first-order valence-electron chi connectivity index (χ1n) is 4.77. The summed E-state index contributed by atoms with van der Waals surface area (Å²) in [6.07, 6.45) is 2.66. The summed E-state index contributed by atoms with van der Waals surface area (Å²) in [5, 5.41) is 11.1. The Morgan fingerprint density at radius 3 is 2.56 bits per heavy atom. The maximum atomic E-state index is 10.5. The molecule has 0 fully saturated rings. The Kier molecular flexibility index (Phi) is 2.93. The van der Waals surface area contributed by atoms with Crippen LogP contribution in [0, 0.1) is 0 Å². The molecule has 2 nitrogen and oxygen atoms in total. The summed E-state index contributed by atoms with van der Waals surface area (Å²) in [6.45, 7) is 0. The average molecular weight is 233 g/mol. The maximum absolute atomic E-state index is 10.5. The van der Waals surface area contributed by atoms with E-state index in [2.05, 4.69) is 0 Å². The number of carboxylic acid groups (broad SMARTS) is 1. The smallest absolute Gasteiger partial charge is 0.328 e. The molecule has 2 rings (SSSR count). The Hall–Kier alpha value is -1.80. The summed E-state index contributed by atoms with van der Waals surface area (Å²) >= 11 is 6.10. The molecular formula is C13H9ClO2. The van der Waals surface area contributed by atoms with Crippen molar-refractivity contribution in [3.63, 3.8) is 0 Å². The molecule has 3 heteroatoms. The van der Waals surface area contributed by atoms with Crippen molar-refractivity contribution in [2.24, 2.45) is 0 Å². The molecule has 0 aliphatic rings. The molecule has 0 heterocycles. The predicted octanol–water partition coefficient (Wildman–Crippen LogP) is 3.59. The summed E-state index contributed by atoms with van der Waals surface area (Å²) in [5.74, 6) is -0.968. The fraction of sp³-hybridized carbons (Fsp3) is 0. The highest BCUT2D eigenvalue weighted by Crippen LogP contribution is 2.27. The highest BCUT2D eigenvalue weighted by Gasteiger charge is 2.02. The van der Waals surface area contributed by atoms with E-state index in [1.807, 2.05) is 30.3 Å². The van der Waals surface area contributed by atoms with Crippen LogP contribution < -0.4 is 0 Å². The van der Waals surface area contributed by atoms with Crippen molar-refractivity contribution in [2.45, 2.75) is 0 Å². The summed E-state index contributed by atoms with van der Waals surface area (Å²) in [5.41, 5.74) is 0.811. The highest BCUT2D eigenvalue weighted by molar-refractivity contribution is 6.36. The van der Waals surface area contributed by atoms with Gasteiger partial charge in [-0.05, 0) is 23.1 Å². The van der Waals surface area contributed by atoms with Crippen LogP contribution in [0.25, 0.3) is 16.8 Å². The third-order valence-electron chi connectivity index (χ3n) is 2.29. The predicted molar refractivity (Wildman–Crippen MR) is 65.6 cm³/mol. The molecule has 2 aromatic carbocycles. The zero-order valence-corrected chi connectivity index (χ0v) is 9.11. The normalized spacial score (nSPS) is 11.1. The number of fused-ring (bicyclic) bond motifs is 1. The van der Waals surface area contributed by atoms with Gasteiger partial charge in [-0.15, -0.1) is 0 Å². The summed E-state index contributed by atoms with van der Waals surface area (Å²) < 4.78 is 0. The van der Waals surface area contributed by atoms with Crippen LogP contribution in [0.2, 0.25) is 5.02 Å². The molecule has 0 aliphatic carbocycles. The number of halogens is 1. The maximum Gasteiger partial charge on any atom is 0.328 e. The molecule has 0 atom stereocenters. The first kappa shape index (κ1) is 10.7. The van der Waals surface area contributed by atoms with Crippen LogP contribution in [0.1, 0.15) is 5.56 Å². The van der Waals surface area contributed by atoms with E-state index >= 15 is 0 Å². The molecule has 0 aromatic heterocycles. The molecular weight excluding hydrogens is 224 g/mol. The lowest BCUT2D eigenvalue weighted by atomic mass is 10.0. The first-order chi connectivity index (χ1) is 7.68. The average Bonchev–Trinajstić information content (AvgIpc) is 2.26. The molecule has 0 amide bonds. The fourth-order valence-corrected chi connectivity index (χ4v) is 1.91. The van der Waals surface area contributed by atoms with Crippen LogP contribution >= 0.6 is 11.6 Å². The SMILES string of the molecule is O=C(O)C=Cc1cccc2cccc(Cl)c12. The molecule has 0 saturated heterocycles. The molecule has 0 spiro atoms. The molecule has 0 bridgehead atoms. The van der Waals surface area contributed by atoms with E-state index in [0.717, 1.165) is 22.4 Å². The molecule has 2 aromatic rings. The zero-order valence-electron chi connectivity index (χ0n) is 8.35. The third kappa shape index (κ3) is 2.07. The second-order valence-electron chi connectivity index (χ2n) is 3.36. The van der Waals surface area contributed by atoms with Crippen molar-refractivity contribution in [3.8, 4) is 0 Å². The van der Waals surface area contributed by atoms with E-state index < -0.39 is 5.97 Å². The Balaban J connectivity index is 2.65. The van der Waals surface area contributed by atoms with Crippen LogP contribution in [-0.2, 0) is 4.79 Å². The van der Waals surface area contributed by atoms with E-state index in [9.17, 15) is 4.79 Å². The quantitative estimate of drug-likeness (QED) is 0.804. The molecule has 0 aliphatic heterocycles. The van der Waals surface area contributed by atoms with Crippen molar-refractivity contribution in [1.82, 2.24) is 0 Å². The molecule has 0 unspecified atom stereocenters. The van der Waals surface area contributed by atoms with Crippen molar-refractivity contribution in [1.29, 1.82) is 0 Å². The van der Waals surface area contributed by atoms with Gasteiger partial charge in [-0.25, -0.2) is 4.79 Å². The third-order valence-corrected chi connectivity index (χ3v) is 2.61. The van der Waals surface area contributed by atoms with Crippen LogP contribution in [0.15, 0.2) is 42.5 Å². The van der Waals surface area contributed by atoms with Gasteiger partial charge < -0.3 is 5.11 Å². The Morgan fingerprint density at radius 2 is 1.88 bits per heavy atom. The number of carbonyl (C=O) groups is 1. The number of hydrogen-bond acceptors (Lipinski definition) is 1. The van der Waals surface area contributed by atoms with Gasteiger partial charge in [0.15, 0.2) is 0 Å². The van der Waals surface area contributed by atoms with E-state index in [-0.39, 0.29) is 0 Å². The van der Waals surface area contributed by atoms with Crippen LogP contribution in [-0.4, -0.2) is 11.1 Å². The van der Waals surface area contributed by atoms with Crippen LogP contribution in [0.5, 0.6) is 0 Å². The zero-order chi connectivity index (χ0) is 11.5. The fourth-order valence-electron chi connectivity index (χ4n) is 1.62. The van der Waals surface area contributed by atoms with Gasteiger partial charge in [0.05, 0.1) is 0 Å². The lowest BCUT2D eigenvalue weighted by Gasteiger charge is -2.03. The van der Waals surface area contributed by atoms with Gasteiger partial charge >= 0.3 is 5.97 Å². The first-order valence-corrected chi connectivity index (χ1v) is 5.14. The van der Waals surface area contributed by atoms with Crippen molar-refractivity contribution in [3.05, 3.63) is 53.1 Å². The van der Waals surface area contributed by atoms with E-state index in [4.69, 9.17) is 16.7 Å². The van der Waals surface area contributed by atoms with Crippen molar-refractivity contribution >= 4 is 34.4 Å². The van der Waals surface area contributed by atoms with Gasteiger partial charge in [-0.3, -0.25) is 0 Å². The van der Waals surface area contributed by atoms with Gasteiger partial charge in [0, 0.05) is 16.5 Å². The summed E-state index contributed by atoms with van der Waals surface area (Å²) in [6, 6.07) is 11.3. The standard InChI is InChI=1S/C13H9ClO2/c14-11-6-2-5-9-3-1-4-10(13(9)11)7-8-12(15)16/h1-8H,(H,15,16). The van der Waals surface area contributed by atoms with Gasteiger partial charge in [0.25, 0.3) is 0 Å². The number of carboxylic acids is 1. The molecule has 80 valence electrons. The highest BCUT2D eigenvalue weighted by atomic mass is 35.5. The number of aliphatic carboxylic acids is 1. The lowest BCUT2D eigenvalue weighted by molar-refractivity contribution is -0.131. The second-order valence-corrected chi connectivity index (χ2v) is 3.76. The van der Waals surface area contributed by atoms with Crippen LogP contribution in [0.4, 0.5) is 0 Å². The molecule has 0 radical (unpaired) electrons. The molecule has 1 N–H and O–H groups in total.